The van der Waals surface area contributed by atoms with Crippen molar-refractivity contribution in [2.45, 2.75) is 12.8 Å². The summed E-state index contributed by atoms with van der Waals surface area (Å²) in [6, 6.07) is 0. The van der Waals surface area contributed by atoms with E-state index >= 15 is 0 Å². The zero-order valence-corrected chi connectivity index (χ0v) is 9.84. The van der Waals surface area contributed by atoms with Gasteiger partial charge in [0.1, 0.15) is 0 Å². The predicted molar refractivity (Wildman–Crippen MR) is 63.0 cm³/mol. The van der Waals surface area contributed by atoms with Gasteiger partial charge in [0, 0.05) is 25.5 Å². The second-order valence-electron chi connectivity index (χ2n) is 3.94. The summed E-state index contributed by atoms with van der Waals surface area (Å²) in [7, 11) is 2.16. The Kier molecular flexibility index (Phi) is 6.24. The second kappa shape index (κ2) is 7.27. The summed E-state index contributed by atoms with van der Waals surface area (Å²) in [6.07, 6.45) is 6.91. The van der Waals surface area contributed by atoms with Crippen LogP contribution in [0, 0.1) is 0 Å². The van der Waals surface area contributed by atoms with Crippen molar-refractivity contribution in [3.63, 3.8) is 0 Å². The molecule has 1 aliphatic rings. The third-order valence-corrected chi connectivity index (χ3v) is 2.85. The van der Waals surface area contributed by atoms with Gasteiger partial charge >= 0.3 is 0 Å². The molecule has 0 aromatic rings. The van der Waals surface area contributed by atoms with E-state index in [1.165, 1.54) is 32.5 Å². The first-order valence-corrected chi connectivity index (χ1v) is 5.98. The van der Waals surface area contributed by atoms with Gasteiger partial charge in [-0.3, -0.25) is 0 Å². The number of halogens is 1. The van der Waals surface area contributed by atoms with Crippen molar-refractivity contribution in [3.8, 4) is 0 Å². The monoisotopic (exact) mass is 216 g/mol. The first-order valence-electron chi connectivity index (χ1n) is 5.45. The number of allylic oxidation sites excluding steroid dienone is 1. The standard InChI is InChI=1S/C11H21ClN2/c1-13(7-3-2-6-12)10-11-14-8-4-5-9-14/h2-3H,4-11H2,1H3. The van der Waals surface area contributed by atoms with Crippen LogP contribution in [0.4, 0.5) is 0 Å². The minimum absolute atomic E-state index is 0.625. The zero-order valence-electron chi connectivity index (χ0n) is 9.08. The van der Waals surface area contributed by atoms with E-state index in [0.29, 0.717) is 5.88 Å². The summed E-state index contributed by atoms with van der Waals surface area (Å²) >= 11 is 5.55. The van der Waals surface area contributed by atoms with Crippen LogP contribution < -0.4 is 0 Å². The van der Waals surface area contributed by atoms with Gasteiger partial charge in [-0.2, -0.15) is 0 Å². The molecule has 2 nitrogen and oxygen atoms in total. The average Bonchev–Trinajstić information content (AvgIpc) is 2.68. The van der Waals surface area contributed by atoms with Crippen LogP contribution in [0.15, 0.2) is 12.2 Å². The van der Waals surface area contributed by atoms with Crippen molar-refractivity contribution in [1.29, 1.82) is 0 Å². The summed E-state index contributed by atoms with van der Waals surface area (Å²) in [5.41, 5.74) is 0. The van der Waals surface area contributed by atoms with Gasteiger partial charge in [0.05, 0.1) is 0 Å². The number of rotatable bonds is 6. The molecule has 1 aliphatic heterocycles. The molecule has 0 spiro atoms. The molecule has 14 heavy (non-hydrogen) atoms. The van der Waals surface area contributed by atoms with Gasteiger partial charge in [-0.1, -0.05) is 12.2 Å². The van der Waals surface area contributed by atoms with Crippen LogP contribution >= 0.6 is 11.6 Å². The molecule has 0 aliphatic carbocycles. The fourth-order valence-corrected chi connectivity index (χ4v) is 1.85. The number of hydrogen-bond acceptors (Lipinski definition) is 2. The number of likely N-dealkylation sites (N-methyl/N-ethyl adjacent to an activating group) is 1. The van der Waals surface area contributed by atoms with Gasteiger partial charge < -0.3 is 9.80 Å². The molecule has 0 N–H and O–H groups in total. The Morgan fingerprint density at radius 1 is 1.29 bits per heavy atom. The second-order valence-corrected chi connectivity index (χ2v) is 4.25. The van der Waals surface area contributed by atoms with Gasteiger partial charge in [0.15, 0.2) is 0 Å². The largest absolute Gasteiger partial charge is 0.302 e. The number of nitrogens with zero attached hydrogens (tertiary/aromatic N) is 2. The maximum atomic E-state index is 5.55. The van der Waals surface area contributed by atoms with Gasteiger partial charge in [0.25, 0.3) is 0 Å². The molecular formula is C11H21ClN2. The van der Waals surface area contributed by atoms with Crippen molar-refractivity contribution in [2.75, 3.05) is 45.7 Å². The Labute approximate surface area is 92.5 Å². The van der Waals surface area contributed by atoms with Gasteiger partial charge in [-0.25, -0.2) is 0 Å². The molecule has 0 aromatic heterocycles. The van der Waals surface area contributed by atoms with Gasteiger partial charge in [-0.05, 0) is 33.0 Å². The number of likely N-dealkylation sites (tertiary alicyclic amines) is 1. The molecule has 3 heteroatoms. The van der Waals surface area contributed by atoms with Gasteiger partial charge in [-0.15, -0.1) is 11.6 Å². The molecule has 0 unspecified atom stereocenters. The van der Waals surface area contributed by atoms with Crippen LogP contribution in [-0.4, -0.2) is 55.5 Å². The zero-order chi connectivity index (χ0) is 10.2. The minimum Gasteiger partial charge on any atom is -0.302 e. The molecule has 1 fully saturated rings. The molecule has 0 radical (unpaired) electrons. The van der Waals surface area contributed by atoms with Crippen LogP contribution in [0.1, 0.15) is 12.8 Å². The van der Waals surface area contributed by atoms with Crippen molar-refractivity contribution in [2.24, 2.45) is 0 Å². The summed E-state index contributed by atoms with van der Waals surface area (Å²) in [5.74, 6) is 0.625. The number of hydrogen-bond donors (Lipinski definition) is 0. The highest BCUT2D eigenvalue weighted by Crippen LogP contribution is 2.06. The highest BCUT2D eigenvalue weighted by Gasteiger charge is 2.10. The lowest BCUT2D eigenvalue weighted by Gasteiger charge is -2.19. The van der Waals surface area contributed by atoms with Crippen LogP contribution in [0.2, 0.25) is 0 Å². The number of alkyl halides is 1. The molecule has 1 heterocycles. The van der Waals surface area contributed by atoms with Crippen LogP contribution in [-0.2, 0) is 0 Å². The summed E-state index contributed by atoms with van der Waals surface area (Å²) < 4.78 is 0. The van der Waals surface area contributed by atoms with E-state index in [-0.39, 0.29) is 0 Å². The lowest BCUT2D eigenvalue weighted by Crippen LogP contribution is -2.31. The topological polar surface area (TPSA) is 6.48 Å². The van der Waals surface area contributed by atoms with Crippen LogP contribution in [0.5, 0.6) is 0 Å². The smallest absolute Gasteiger partial charge is 0.0404 e. The maximum absolute atomic E-state index is 5.55. The molecule has 0 saturated carbocycles. The van der Waals surface area contributed by atoms with E-state index < -0.39 is 0 Å². The van der Waals surface area contributed by atoms with E-state index in [0.717, 1.165) is 13.1 Å². The third kappa shape index (κ3) is 4.99. The van der Waals surface area contributed by atoms with Crippen molar-refractivity contribution in [3.05, 3.63) is 12.2 Å². The quantitative estimate of drug-likeness (QED) is 0.494. The maximum Gasteiger partial charge on any atom is 0.0404 e. The molecule has 0 aromatic carbocycles. The lowest BCUT2D eigenvalue weighted by atomic mass is 10.4. The first kappa shape index (κ1) is 12.0. The highest BCUT2D eigenvalue weighted by molar-refractivity contribution is 6.18. The fraction of sp³-hybridized carbons (Fsp3) is 0.818. The van der Waals surface area contributed by atoms with Crippen molar-refractivity contribution in [1.82, 2.24) is 9.80 Å². The van der Waals surface area contributed by atoms with E-state index in [1.807, 2.05) is 6.08 Å². The fourth-order valence-electron chi connectivity index (χ4n) is 1.73. The normalized spacial score (nSPS) is 18.8. The third-order valence-electron chi connectivity index (χ3n) is 2.67. The van der Waals surface area contributed by atoms with E-state index in [2.05, 4.69) is 22.9 Å². The van der Waals surface area contributed by atoms with Crippen molar-refractivity contribution < 1.29 is 0 Å². The van der Waals surface area contributed by atoms with Crippen LogP contribution in [0.3, 0.4) is 0 Å². The molecule has 82 valence electrons. The summed E-state index contributed by atoms with van der Waals surface area (Å²) in [5, 5.41) is 0. The Morgan fingerprint density at radius 2 is 2.00 bits per heavy atom. The van der Waals surface area contributed by atoms with E-state index in [9.17, 15) is 0 Å². The average molecular weight is 217 g/mol. The summed E-state index contributed by atoms with van der Waals surface area (Å²) in [6.45, 7) is 5.98. The molecule has 0 bridgehead atoms. The lowest BCUT2D eigenvalue weighted by molar-refractivity contribution is 0.271. The van der Waals surface area contributed by atoms with Gasteiger partial charge in [0.2, 0.25) is 0 Å². The molecule has 0 atom stereocenters. The Bertz CT molecular complexity index is 165. The predicted octanol–water partition coefficient (Wildman–Crippen LogP) is 1.81. The highest BCUT2D eigenvalue weighted by atomic mass is 35.5. The van der Waals surface area contributed by atoms with E-state index in [4.69, 9.17) is 11.6 Å². The van der Waals surface area contributed by atoms with E-state index in [1.54, 1.807) is 0 Å². The van der Waals surface area contributed by atoms with Crippen molar-refractivity contribution >= 4 is 11.6 Å². The molecule has 1 saturated heterocycles. The SMILES string of the molecule is CN(CC=CCCl)CCN1CCCC1. The minimum atomic E-state index is 0.625. The molecular weight excluding hydrogens is 196 g/mol. The first-order chi connectivity index (χ1) is 6.83. The molecule has 1 rings (SSSR count). The molecule has 0 amide bonds. The summed E-state index contributed by atoms with van der Waals surface area (Å²) in [4.78, 5) is 4.88. The Hall–Kier alpha value is -0.0500. The van der Waals surface area contributed by atoms with Crippen LogP contribution in [0.25, 0.3) is 0 Å². The Balaban J connectivity index is 2.01. The Morgan fingerprint density at radius 3 is 2.64 bits per heavy atom.